The van der Waals surface area contributed by atoms with E-state index in [0.717, 1.165) is 34.6 Å². The molecular weight excluding hydrogens is 455 g/mol. The Morgan fingerprint density at radius 3 is 2.69 bits per heavy atom. The van der Waals surface area contributed by atoms with Crippen LogP contribution in [0.3, 0.4) is 0 Å². The average molecular weight is 489 g/mol. The number of aromatic nitrogens is 2. The van der Waals surface area contributed by atoms with Gasteiger partial charge in [-0.1, -0.05) is 30.7 Å². The molecule has 2 aliphatic carbocycles. The molecule has 6 nitrogen and oxygen atoms in total. The van der Waals surface area contributed by atoms with Crippen LogP contribution in [-0.2, 0) is 12.8 Å². The lowest BCUT2D eigenvalue weighted by Gasteiger charge is -2.42. The summed E-state index contributed by atoms with van der Waals surface area (Å²) >= 11 is 0. The number of aryl methyl sites for hydroxylation is 1. The second-order valence-corrected chi connectivity index (χ2v) is 10.6. The van der Waals surface area contributed by atoms with Crippen LogP contribution in [0.1, 0.15) is 56.9 Å². The monoisotopic (exact) mass is 488 g/mol. The number of urea groups is 1. The molecular formula is C29H33FN4O2. The van der Waals surface area contributed by atoms with E-state index in [4.69, 9.17) is 0 Å². The summed E-state index contributed by atoms with van der Waals surface area (Å²) in [6.07, 6.45) is 7.47. The molecule has 1 fully saturated rings. The van der Waals surface area contributed by atoms with Gasteiger partial charge in [0.2, 0.25) is 0 Å². The Morgan fingerprint density at radius 1 is 1.19 bits per heavy atom. The summed E-state index contributed by atoms with van der Waals surface area (Å²) in [5.74, 6) is -0.274. The van der Waals surface area contributed by atoms with Crippen molar-refractivity contribution in [3.8, 4) is 5.69 Å². The zero-order valence-corrected chi connectivity index (χ0v) is 21.0. The third-order valence-corrected chi connectivity index (χ3v) is 7.85. The lowest BCUT2D eigenvalue weighted by molar-refractivity contribution is -0.0461. The fourth-order valence-electron chi connectivity index (χ4n) is 5.74. The molecule has 2 aromatic carbocycles. The SMILES string of the molecule is CC(C)NC(=O)Nc1ccccc1CC[C@]1(O)CCC2=Cc3c(cnn3-c3ccc(F)cc3)C[C@@]21C. The van der Waals surface area contributed by atoms with Gasteiger partial charge >= 0.3 is 6.03 Å². The number of halogens is 1. The van der Waals surface area contributed by atoms with E-state index in [9.17, 15) is 14.3 Å². The van der Waals surface area contributed by atoms with Crippen LogP contribution >= 0.6 is 0 Å². The molecule has 5 rings (SSSR count). The van der Waals surface area contributed by atoms with Crippen molar-refractivity contribution in [2.75, 3.05) is 5.32 Å². The van der Waals surface area contributed by atoms with Crippen molar-refractivity contribution < 1.29 is 14.3 Å². The molecule has 0 aliphatic heterocycles. The summed E-state index contributed by atoms with van der Waals surface area (Å²) in [4.78, 5) is 12.3. The maximum atomic E-state index is 13.4. The largest absolute Gasteiger partial charge is 0.389 e. The fraction of sp³-hybridized carbons (Fsp3) is 0.379. The molecule has 2 aliphatic rings. The molecule has 3 aromatic rings. The quantitative estimate of drug-likeness (QED) is 0.420. The van der Waals surface area contributed by atoms with Crippen LogP contribution in [0.25, 0.3) is 11.8 Å². The molecule has 1 aromatic heterocycles. The second kappa shape index (κ2) is 9.21. The minimum absolute atomic E-state index is 0.0464. The highest BCUT2D eigenvalue weighted by atomic mass is 19.1. The Bertz CT molecular complexity index is 1310. The number of nitrogens with zero attached hydrogens (tertiary/aromatic N) is 2. The fourth-order valence-corrected chi connectivity index (χ4v) is 5.74. The Kier molecular flexibility index (Phi) is 6.20. The summed E-state index contributed by atoms with van der Waals surface area (Å²) in [6, 6.07) is 13.9. The number of fused-ring (bicyclic) bond motifs is 2. The lowest BCUT2D eigenvalue weighted by atomic mass is 9.65. The summed E-state index contributed by atoms with van der Waals surface area (Å²) < 4.78 is 15.3. The number of carbonyl (C=O) groups is 1. The molecule has 1 heterocycles. The van der Waals surface area contributed by atoms with Gasteiger partial charge in [0.15, 0.2) is 0 Å². The van der Waals surface area contributed by atoms with Crippen molar-refractivity contribution in [2.45, 2.75) is 64.5 Å². The number of carbonyl (C=O) groups excluding carboxylic acids is 1. The molecule has 0 bridgehead atoms. The van der Waals surface area contributed by atoms with Gasteiger partial charge in [0.1, 0.15) is 5.82 Å². The van der Waals surface area contributed by atoms with Gasteiger partial charge in [0, 0.05) is 17.1 Å². The minimum Gasteiger partial charge on any atom is -0.389 e. The topological polar surface area (TPSA) is 79.2 Å². The van der Waals surface area contributed by atoms with Gasteiger partial charge in [-0.05, 0) is 93.5 Å². The van der Waals surface area contributed by atoms with Crippen molar-refractivity contribution in [3.63, 3.8) is 0 Å². The first-order chi connectivity index (χ1) is 17.2. The summed E-state index contributed by atoms with van der Waals surface area (Å²) in [5, 5.41) is 22.4. The van der Waals surface area contributed by atoms with E-state index in [0.29, 0.717) is 25.7 Å². The molecule has 188 valence electrons. The zero-order chi connectivity index (χ0) is 25.5. The molecule has 7 heteroatoms. The predicted octanol–water partition coefficient (Wildman–Crippen LogP) is 5.64. The number of hydrogen-bond donors (Lipinski definition) is 3. The molecule has 0 saturated heterocycles. The minimum atomic E-state index is -0.873. The molecule has 0 radical (unpaired) electrons. The van der Waals surface area contributed by atoms with E-state index < -0.39 is 11.0 Å². The summed E-state index contributed by atoms with van der Waals surface area (Å²) in [5.41, 5.74) is 4.63. The number of anilines is 1. The second-order valence-electron chi connectivity index (χ2n) is 10.6. The Hall–Kier alpha value is -3.45. The molecule has 3 N–H and O–H groups in total. The number of aliphatic hydroxyl groups is 1. The number of benzene rings is 2. The lowest BCUT2D eigenvalue weighted by Crippen LogP contribution is -2.45. The molecule has 0 spiro atoms. The highest BCUT2D eigenvalue weighted by Crippen LogP contribution is 2.57. The first-order valence-electron chi connectivity index (χ1n) is 12.6. The Balaban J connectivity index is 1.36. The van der Waals surface area contributed by atoms with Gasteiger partial charge < -0.3 is 15.7 Å². The Labute approximate surface area is 211 Å². The summed E-state index contributed by atoms with van der Waals surface area (Å²) in [6.45, 7) is 6.00. The van der Waals surface area contributed by atoms with Gasteiger partial charge in [-0.2, -0.15) is 5.10 Å². The molecule has 2 atom stereocenters. The van der Waals surface area contributed by atoms with Crippen LogP contribution in [0, 0.1) is 11.2 Å². The van der Waals surface area contributed by atoms with Crippen LogP contribution in [0.15, 0.2) is 60.3 Å². The van der Waals surface area contributed by atoms with E-state index >= 15 is 0 Å². The van der Waals surface area contributed by atoms with Crippen molar-refractivity contribution in [1.82, 2.24) is 15.1 Å². The van der Waals surface area contributed by atoms with Crippen LogP contribution in [-0.4, -0.2) is 32.6 Å². The van der Waals surface area contributed by atoms with Crippen LogP contribution < -0.4 is 10.6 Å². The first-order valence-corrected chi connectivity index (χ1v) is 12.6. The highest BCUT2D eigenvalue weighted by molar-refractivity contribution is 5.90. The zero-order valence-electron chi connectivity index (χ0n) is 21.0. The van der Waals surface area contributed by atoms with Gasteiger partial charge in [-0.25, -0.2) is 13.9 Å². The highest BCUT2D eigenvalue weighted by Gasteiger charge is 2.54. The van der Waals surface area contributed by atoms with Gasteiger partial charge in [0.25, 0.3) is 0 Å². The van der Waals surface area contributed by atoms with Crippen molar-refractivity contribution in [3.05, 3.63) is 82.9 Å². The predicted molar refractivity (Wildman–Crippen MR) is 140 cm³/mol. The first kappa shape index (κ1) is 24.3. The normalized spacial score (nSPS) is 22.7. The average Bonchev–Trinajstić information content (AvgIpc) is 3.34. The number of nitrogens with one attached hydrogen (secondary N) is 2. The number of amides is 2. The van der Waals surface area contributed by atoms with Gasteiger partial charge in [-0.3, -0.25) is 0 Å². The molecule has 0 unspecified atom stereocenters. The number of para-hydroxylation sites is 1. The number of hydrogen-bond acceptors (Lipinski definition) is 3. The van der Waals surface area contributed by atoms with E-state index in [1.54, 1.807) is 12.1 Å². The number of rotatable bonds is 6. The van der Waals surface area contributed by atoms with Gasteiger partial charge in [0.05, 0.1) is 23.2 Å². The van der Waals surface area contributed by atoms with E-state index in [1.165, 1.54) is 17.7 Å². The third kappa shape index (κ3) is 4.32. The maximum Gasteiger partial charge on any atom is 0.319 e. The third-order valence-electron chi connectivity index (χ3n) is 7.85. The summed E-state index contributed by atoms with van der Waals surface area (Å²) in [7, 11) is 0. The Morgan fingerprint density at radius 2 is 1.94 bits per heavy atom. The van der Waals surface area contributed by atoms with E-state index in [2.05, 4.69) is 28.7 Å². The van der Waals surface area contributed by atoms with Crippen LogP contribution in [0.5, 0.6) is 0 Å². The van der Waals surface area contributed by atoms with Crippen LogP contribution in [0.4, 0.5) is 14.9 Å². The smallest absolute Gasteiger partial charge is 0.319 e. The van der Waals surface area contributed by atoms with Crippen molar-refractivity contribution in [1.29, 1.82) is 0 Å². The van der Waals surface area contributed by atoms with Gasteiger partial charge in [-0.15, -0.1) is 0 Å². The standard InChI is InChI=1S/C29H33FN4O2/c1-19(2)32-27(35)33-25-7-5-4-6-20(25)12-14-29(36)15-13-22-16-26-21(17-28(22,29)3)18-31-34(26)24-10-8-23(30)9-11-24/h4-11,16,18-19,36H,12-15,17H2,1-3H3,(H2,32,33,35)/t28-,29-/m0/s1. The van der Waals surface area contributed by atoms with E-state index in [-0.39, 0.29) is 17.9 Å². The van der Waals surface area contributed by atoms with Crippen LogP contribution in [0.2, 0.25) is 0 Å². The maximum absolute atomic E-state index is 13.4. The van der Waals surface area contributed by atoms with Crippen molar-refractivity contribution in [2.24, 2.45) is 5.41 Å². The molecule has 1 saturated carbocycles. The molecule has 36 heavy (non-hydrogen) atoms. The van der Waals surface area contributed by atoms with E-state index in [1.807, 2.05) is 49.0 Å². The van der Waals surface area contributed by atoms with Crippen molar-refractivity contribution >= 4 is 17.8 Å². The molecule has 2 amide bonds.